The van der Waals surface area contributed by atoms with Crippen LogP contribution in [0.5, 0.6) is 0 Å². The summed E-state index contributed by atoms with van der Waals surface area (Å²) in [6.45, 7) is 2.30. The zero-order valence-electron chi connectivity index (χ0n) is 11.3. The monoisotopic (exact) mass is 305 g/mol. The topological polar surface area (TPSA) is 50.9 Å². The number of anilines is 2. The van der Waals surface area contributed by atoms with Gasteiger partial charge in [0, 0.05) is 6.54 Å². The summed E-state index contributed by atoms with van der Waals surface area (Å²) in [6, 6.07) is 7.56. The van der Waals surface area contributed by atoms with Gasteiger partial charge in [0.25, 0.3) is 0 Å². The number of nitrogen functional groups attached to an aromatic ring is 1. The molecule has 3 N–H and O–H groups in total. The molecule has 0 saturated heterocycles. The molecule has 3 aromatic rings. The molecule has 2 aromatic carbocycles. The van der Waals surface area contributed by atoms with Crippen LogP contribution < -0.4 is 11.1 Å². The fourth-order valence-corrected chi connectivity index (χ4v) is 2.96. The van der Waals surface area contributed by atoms with E-state index in [1.807, 2.05) is 19.1 Å². The number of nitrogens with two attached hydrogens (primary N) is 1. The van der Waals surface area contributed by atoms with E-state index in [1.165, 1.54) is 12.1 Å². The number of benzene rings is 2. The van der Waals surface area contributed by atoms with Gasteiger partial charge >= 0.3 is 0 Å². The van der Waals surface area contributed by atoms with Crippen LogP contribution in [0.15, 0.2) is 30.3 Å². The maximum Gasteiger partial charge on any atom is 0.159 e. The molecule has 0 aliphatic heterocycles. The van der Waals surface area contributed by atoms with E-state index < -0.39 is 11.6 Å². The summed E-state index contributed by atoms with van der Waals surface area (Å²) in [7, 11) is 0. The largest absolute Gasteiger partial charge is 0.397 e. The number of aromatic nitrogens is 1. The molecule has 0 saturated carbocycles. The summed E-state index contributed by atoms with van der Waals surface area (Å²) in [4.78, 5) is 4.41. The van der Waals surface area contributed by atoms with Gasteiger partial charge < -0.3 is 11.1 Å². The molecule has 0 atom stereocenters. The van der Waals surface area contributed by atoms with Gasteiger partial charge in [-0.1, -0.05) is 6.07 Å². The standard InChI is InChI=1S/C15H13F2N3S/c1-8-20-14-6-13(12(18)5-15(14)21-8)19-7-9-2-3-10(16)11(17)4-9/h2-6,19H,7,18H2,1H3. The molecule has 6 heteroatoms. The predicted molar refractivity (Wildman–Crippen MR) is 82.5 cm³/mol. The van der Waals surface area contributed by atoms with Crippen molar-refractivity contribution in [2.45, 2.75) is 13.5 Å². The highest BCUT2D eigenvalue weighted by molar-refractivity contribution is 7.18. The average Bonchev–Trinajstić information content (AvgIpc) is 2.79. The summed E-state index contributed by atoms with van der Waals surface area (Å²) < 4.78 is 27.1. The molecule has 108 valence electrons. The Morgan fingerprint density at radius 2 is 2.00 bits per heavy atom. The van der Waals surface area contributed by atoms with Crippen LogP contribution in [0.25, 0.3) is 10.2 Å². The van der Waals surface area contributed by atoms with E-state index in [4.69, 9.17) is 5.73 Å². The van der Waals surface area contributed by atoms with Gasteiger partial charge in [-0.2, -0.15) is 0 Å². The molecule has 3 nitrogen and oxygen atoms in total. The van der Waals surface area contributed by atoms with E-state index in [9.17, 15) is 8.78 Å². The summed E-state index contributed by atoms with van der Waals surface area (Å²) in [5.41, 5.74) is 8.85. The molecule has 0 aliphatic carbocycles. The van der Waals surface area contributed by atoms with Crippen LogP contribution in [0.3, 0.4) is 0 Å². The molecule has 0 bridgehead atoms. The summed E-state index contributed by atoms with van der Waals surface area (Å²) >= 11 is 1.58. The Kier molecular flexibility index (Phi) is 3.47. The van der Waals surface area contributed by atoms with E-state index >= 15 is 0 Å². The molecular formula is C15H13F2N3S. The molecule has 0 unspecified atom stereocenters. The average molecular weight is 305 g/mol. The van der Waals surface area contributed by atoms with Crippen molar-refractivity contribution in [2.75, 3.05) is 11.1 Å². The lowest BCUT2D eigenvalue weighted by atomic mass is 10.2. The van der Waals surface area contributed by atoms with Crippen LogP contribution in [0.2, 0.25) is 0 Å². The molecule has 1 heterocycles. The first kappa shape index (κ1) is 13.8. The number of rotatable bonds is 3. The SMILES string of the molecule is Cc1nc2cc(NCc3ccc(F)c(F)c3)c(N)cc2s1. The highest BCUT2D eigenvalue weighted by atomic mass is 32.1. The maximum atomic E-state index is 13.2. The van der Waals surface area contributed by atoms with Gasteiger partial charge in [-0.05, 0) is 36.8 Å². The lowest BCUT2D eigenvalue weighted by Gasteiger charge is -2.09. The van der Waals surface area contributed by atoms with E-state index in [1.54, 1.807) is 11.3 Å². The number of hydrogen-bond donors (Lipinski definition) is 2. The van der Waals surface area contributed by atoms with Crippen molar-refractivity contribution in [3.05, 3.63) is 52.5 Å². The van der Waals surface area contributed by atoms with Crippen LogP contribution >= 0.6 is 11.3 Å². The van der Waals surface area contributed by atoms with Crippen LogP contribution in [0, 0.1) is 18.6 Å². The van der Waals surface area contributed by atoms with Crippen molar-refractivity contribution in [1.29, 1.82) is 0 Å². The molecule has 0 radical (unpaired) electrons. The Morgan fingerprint density at radius 1 is 1.19 bits per heavy atom. The van der Waals surface area contributed by atoms with Crippen molar-refractivity contribution in [2.24, 2.45) is 0 Å². The first-order chi connectivity index (χ1) is 10.0. The Balaban J connectivity index is 1.83. The first-order valence-corrected chi connectivity index (χ1v) is 7.19. The van der Waals surface area contributed by atoms with Crippen LogP contribution in [0.4, 0.5) is 20.2 Å². The smallest absolute Gasteiger partial charge is 0.159 e. The van der Waals surface area contributed by atoms with Gasteiger partial charge in [-0.25, -0.2) is 13.8 Å². The van der Waals surface area contributed by atoms with Gasteiger partial charge in [0.05, 0.1) is 26.6 Å². The minimum Gasteiger partial charge on any atom is -0.397 e. The van der Waals surface area contributed by atoms with Gasteiger partial charge in [-0.15, -0.1) is 11.3 Å². The minimum atomic E-state index is -0.854. The third-order valence-electron chi connectivity index (χ3n) is 3.13. The zero-order valence-corrected chi connectivity index (χ0v) is 12.1. The fourth-order valence-electron chi connectivity index (χ4n) is 2.10. The number of hydrogen-bond acceptors (Lipinski definition) is 4. The van der Waals surface area contributed by atoms with E-state index in [0.29, 0.717) is 17.8 Å². The Labute approximate surface area is 124 Å². The molecule has 0 spiro atoms. The molecular weight excluding hydrogens is 292 g/mol. The van der Waals surface area contributed by atoms with E-state index in [2.05, 4.69) is 10.3 Å². The van der Waals surface area contributed by atoms with Crippen LogP contribution in [0.1, 0.15) is 10.6 Å². The number of nitrogens with zero attached hydrogens (tertiary/aromatic N) is 1. The zero-order chi connectivity index (χ0) is 15.0. The molecule has 0 fully saturated rings. The van der Waals surface area contributed by atoms with E-state index in [0.717, 1.165) is 27.0 Å². The van der Waals surface area contributed by atoms with Crippen LogP contribution in [-0.2, 0) is 6.54 Å². The number of aryl methyl sites for hydroxylation is 1. The van der Waals surface area contributed by atoms with Gasteiger partial charge in [0.1, 0.15) is 0 Å². The van der Waals surface area contributed by atoms with Crippen LogP contribution in [-0.4, -0.2) is 4.98 Å². The van der Waals surface area contributed by atoms with E-state index in [-0.39, 0.29) is 0 Å². The maximum absolute atomic E-state index is 13.2. The third-order valence-corrected chi connectivity index (χ3v) is 4.07. The van der Waals surface area contributed by atoms with Crippen molar-refractivity contribution in [3.63, 3.8) is 0 Å². The van der Waals surface area contributed by atoms with Gasteiger partial charge in [0.15, 0.2) is 11.6 Å². The van der Waals surface area contributed by atoms with Gasteiger partial charge in [-0.3, -0.25) is 0 Å². The highest BCUT2D eigenvalue weighted by Gasteiger charge is 2.07. The third kappa shape index (κ3) is 2.80. The Bertz CT molecular complexity index is 814. The summed E-state index contributed by atoms with van der Waals surface area (Å²) in [5.74, 6) is -1.70. The highest BCUT2D eigenvalue weighted by Crippen LogP contribution is 2.30. The lowest BCUT2D eigenvalue weighted by Crippen LogP contribution is -2.03. The molecule has 3 rings (SSSR count). The quantitative estimate of drug-likeness (QED) is 0.717. The number of halogens is 2. The number of thiazole rings is 1. The number of fused-ring (bicyclic) bond motifs is 1. The molecule has 1 aromatic heterocycles. The van der Waals surface area contributed by atoms with Crippen molar-refractivity contribution in [1.82, 2.24) is 4.98 Å². The number of nitrogens with one attached hydrogen (secondary N) is 1. The van der Waals surface area contributed by atoms with Crippen molar-refractivity contribution < 1.29 is 8.78 Å². The predicted octanol–water partition coefficient (Wildman–Crippen LogP) is 4.08. The second-order valence-electron chi connectivity index (χ2n) is 4.74. The second-order valence-corrected chi connectivity index (χ2v) is 5.98. The normalized spacial score (nSPS) is 11.0. The summed E-state index contributed by atoms with van der Waals surface area (Å²) in [5, 5.41) is 4.10. The lowest BCUT2D eigenvalue weighted by molar-refractivity contribution is 0.507. The molecule has 21 heavy (non-hydrogen) atoms. The Morgan fingerprint density at radius 3 is 2.76 bits per heavy atom. The van der Waals surface area contributed by atoms with Gasteiger partial charge in [0.2, 0.25) is 0 Å². The molecule has 0 amide bonds. The second kappa shape index (κ2) is 5.29. The fraction of sp³-hybridized carbons (Fsp3) is 0.133. The minimum absolute atomic E-state index is 0.357. The molecule has 0 aliphatic rings. The first-order valence-electron chi connectivity index (χ1n) is 6.37. The van der Waals surface area contributed by atoms with Crippen molar-refractivity contribution >= 4 is 32.9 Å². The van der Waals surface area contributed by atoms with Crippen molar-refractivity contribution in [3.8, 4) is 0 Å². The Hall–Kier alpha value is -2.21. The summed E-state index contributed by atoms with van der Waals surface area (Å²) in [6.07, 6.45) is 0.